The van der Waals surface area contributed by atoms with Gasteiger partial charge >= 0.3 is 0 Å². The molecule has 7 nitrogen and oxygen atoms in total. The second-order valence-corrected chi connectivity index (χ2v) is 7.27. The Balaban J connectivity index is 1.67. The molecule has 9 heteroatoms. The zero-order valence-corrected chi connectivity index (χ0v) is 14.6. The molecule has 0 unspecified atom stereocenters. The van der Waals surface area contributed by atoms with E-state index in [2.05, 4.69) is 5.32 Å². The van der Waals surface area contributed by atoms with Gasteiger partial charge in [-0.15, -0.1) is 0 Å². The van der Waals surface area contributed by atoms with E-state index in [0.29, 0.717) is 22.7 Å². The molecule has 0 fully saturated rings. The molecule has 130 valence electrons. The number of nitrogens with two attached hydrogens (primary N) is 1. The molecular formula is C16H15N3O4S2. The van der Waals surface area contributed by atoms with Gasteiger partial charge in [0.2, 0.25) is 15.9 Å². The summed E-state index contributed by atoms with van der Waals surface area (Å²) in [5.41, 5.74) is 1.99. The number of fused-ring (bicyclic) bond motifs is 1. The third-order valence-corrected chi connectivity index (χ3v) is 4.84. The first-order valence-electron chi connectivity index (χ1n) is 7.36. The quantitative estimate of drug-likeness (QED) is 0.665. The lowest BCUT2D eigenvalue weighted by Crippen LogP contribution is -2.15. The molecule has 1 aromatic heterocycles. The zero-order valence-electron chi connectivity index (χ0n) is 13.0. The SMILES string of the molecule is NS(=O)(=O)c1ccc(NC(=O)CCn2c(=S)oc3ccccc32)cc1. The first-order valence-corrected chi connectivity index (χ1v) is 9.31. The third kappa shape index (κ3) is 3.95. The van der Waals surface area contributed by atoms with Crippen molar-refractivity contribution in [2.75, 3.05) is 5.32 Å². The summed E-state index contributed by atoms with van der Waals surface area (Å²) in [6, 6.07) is 13.1. The number of nitrogens with zero attached hydrogens (tertiary/aromatic N) is 1. The Bertz CT molecular complexity index is 1080. The molecule has 0 aliphatic heterocycles. The number of anilines is 1. The monoisotopic (exact) mass is 377 g/mol. The second-order valence-electron chi connectivity index (χ2n) is 5.35. The molecule has 0 saturated carbocycles. The van der Waals surface area contributed by atoms with Gasteiger partial charge in [-0.05, 0) is 48.6 Å². The lowest BCUT2D eigenvalue weighted by molar-refractivity contribution is -0.116. The van der Waals surface area contributed by atoms with E-state index >= 15 is 0 Å². The van der Waals surface area contributed by atoms with Gasteiger partial charge in [-0.25, -0.2) is 13.6 Å². The number of aromatic nitrogens is 1. The highest BCUT2D eigenvalue weighted by atomic mass is 32.2. The number of benzene rings is 2. The van der Waals surface area contributed by atoms with Crippen LogP contribution < -0.4 is 10.5 Å². The molecule has 0 spiro atoms. The van der Waals surface area contributed by atoms with Crippen LogP contribution in [-0.4, -0.2) is 18.9 Å². The van der Waals surface area contributed by atoms with Crippen molar-refractivity contribution in [1.82, 2.24) is 4.57 Å². The van der Waals surface area contributed by atoms with E-state index in [0.717, 1.165) is 5.52 Å². The maximum absolute atomic E-state index is 12.1. The van der Waals surface area contributed by atoms with E-state index in [1.165, 1.54) is 24.3 Å². The van der Waals surface area contributed by atoms with Crippen molar-refractivity contribution in [2.24, 2.45) is 5.14 Å². The highest BCUT2D eigenvalue weighted by Crippen LogP contribution is 2.18. The van der Waals surface area contributed by atoms with Crippen LogP contribution in [0.1, 0.15) is 6.42 Å². The van der Waals surface area contributed by atoms with Crippen LogP contribution in [0.25, 0.3) is 11.1 Å². The lowest BCUT2D eigenvalue weighted by Gasteiger charge is -2.07. The van der Waals surface area contributed by atoms with Gasteiger partial charge in [0, 0.05) is 18.7 Å². The van der Waals surface area contributed by atoms with Crippen molar-refractivity contribution >= 4 is 44.9 Å². The number of amides is 1. The lowest BCUT2D eigenvalue weighted by atomic mass is 10.3. The highest BCUT2D eigenvalue weighted by molar-refractivity contribution is 7.89. The van der Waals surface area contributed by atoms with E-state index < -0.39 is 10.0 Å². The van der Waals surface area contributed by atoms with Crippen LogP contribution in [0.15, 0.2) is 57.8 Å². The van der Waals surface area contributed by atoms with Crippen LogP contribution in [0.2, 0.25) is 0 Å². The molecule has 0 atom stereocenters. The molecule has 0 saturated heterocycles. The predicted octanol–water partition coefficient (Wildman–Crippen LogP) is 2.64. The summed E-state index contributed by atoms with van der Waals surface area (Å²) >= 11 is 5.18. The smallest absolute Gasteiger partial charge is 0.269 e. The average Bonchev–Trinajstić information content (AvgIpc) is 2.88. The van der Waals surface area contributed by atoms with Crippen LogP contribution in [0.5, 0.6) is 0 Å². The summed E-state index contributed by atoms with van der Waals surface area (Å²) in [4.78, 5) is 12.4. The summed E-state index contributed by atoms with van der Waals surface area (Å²) in [6.07, 6.45) is 0.189. The van der Waals surface area contributed by atoms with Gasteiger partial charge in [0.05, 0.1) is 10.4 Å². The summed E-state index contributed by atoms with van der Waals surface area (Å²) in [5.74, 6) is -0.226. The number of aryl methyl sites for hydroxylation is 1. The van der Waals surface area contributed by atoms with Crippen LogP contribution in [0, 0.1) is 4.84 Å². The van der Waals surface area contributed by atoms with Gasteiger partial charge in [-0.1, -0.05) is 12.1 Å². The Hall–Kier alpha value is -2.49. The van der Waals surface area contributed by atoms with E-state index in [1.54, 1.807) is 4.57 Å². The van der Waals surface area contributed by atoms with Crippen molar-refractivity contribution in [1.29, 1.82) is 0 Å². The van der Waals surface area contributed by atoms with Crippen LogP contribution >= 0.6 is 12.2 Å². The van der Waals surface area contributed by atoms with Crippen molar-refractivity contribution in [3.05, 3.63) is 53.4 Å². The van der Waals surface area contributed by atoms with Gasteiger partial charge in [-0.2, -0.15) is 0 Å². The number of para-hydroxylation sites is 2. The molecule has 3 N–H and O–H groups in total. The van der Waals surface area contributed by atoms with Crippen molar-refractivity contribution < 1.29 is 17.6 Å². The molecule has 3 aromatic rings. The van der Waals surface area contributed by atoms with Crippen LogP contribution in [0.3, 0.4) is 0 Å². The normalized spacial score (nSPS) is 11.6. The standard InChI is InChI=1S/C16H15N3O4S2/c17-25(21,22)12-7-5-11(6-8-12)18-15(20)9-10-19-13-3-1-2-4-14(13)23-16(19)24/h1-8H,9-10H2,(H,18,20)(H2,17,21,22). The fraction of sp³-hybridized carbons (Fsp3) is 0.125. The molecule has 2 aromatic carbocycles. The van der Waals surface area contributed by atoms with Gasteiger partial charge in [-0.3, -0.25) is 9.36 Å². The van der Waals surface area contributed by atoms with Crippen molar-refractivity contribution in [3.63, 3.8) is 0 Å². The molecule has 0 aliphatic carbocycles. The third-order valence-electron chi connectivity index (χ3n) is 3.60. The van der Waals surface area contributed by atoms with E-state index in [4.69, 9.17) is 21.8 Å². The second kappa shape index (κ2) is 6.79. The van der Waals surface area contributed by atoms with Crippen molar-refractivity contribution in [2.45, 2.75) is 17.9 Å². The molecule has 3 rings (SSSR count). The Morgan fingerprint density at radius 3 is 2.52 bits per heavy atom. The Labute approximate surface area is 149 Å². The summed E-state index contributed by atoms with van der Waals surface area (Å²) < 4.78 is 29.6. The number of hydrogen-bond acceptors (Lipinski definition) is 5. The zero-order chi connectivity index (χ0) is 18.0. The minimum absolute atomic E-state index is 0.0123. The fourth-order valence-corrected chi connectivity index (χ4v) is 3.19. The maximum atomic E-state index is 12.1. The average molecular weight is 377 g/mol. The molecule has 1 heterocycles. The van der Waals surface area contributed by atoms with Crippen LogP contribution in [-0.2, 0) is 21.4 Å². The minimum atomic E-state index is -3.75. The van der Waals surface area contributed by atoms with Gasteiger partial charge in [0.1, 0.15) is 0 Å². The number of carbonyl (C=O) groups is 1. The number of rotatable bonds is 5. The number of primary sulfonamides is 1. The molecule has 25 heavy (non-hydrogen) atoms. The highest BCUT2D eigenvalue weighted by Gasteiger charge is 2.10. The molecule has 0 aliphatic rings. The number of sulfonamides is 1. The topological polar surface area (TPSA) is 107 Å². The first kappa shape index (κ1) is 17.3. The van der Waals surface area contributed by atoms with E-state index in [9.17, 15) is 13.2 Å². The first-order chi connectivity index (χ1) is 11.8. The molecule has 0 bridgehead atoms. The fourth-order valence-electron chi connectivity index (χ4n) is 2.39. The Kier molecular flexibility index (Phi) is 4.71. The van der Waals surface area contributed by atoms with Gasteiger partial charge < -0.3 is 9.73 Å². The molecule has 0 radical (unpaired) electrons. The number of carbonyl (C=O) groups excluding carboxylic acids is 1. The Morgan fingerprint density at radius 2 is 1.84 bits per heavy atom. The number of oxazole rings is 1. The van der Waals surface area contributed by atoms with Gasteiger partial charge in [0.25, 0.3) is 4.84 Å². The van der Waals surface area contributed by atoms with Gasteiger partial charge in [0.15, 0.2) is 5.58 Å². The molecular weight excluding hydrogens is 362 g/mol. The van der Waals surface area contributed by atoms with E-state index in [1.807, 2.05) is 24.3 Å². The Morgan fingerprint density at radius 1 is 1.16 bits per heavy atom. The summed E-state index contributed by atoms with van der Waals surface area (Å²) in [5, 5.41) is 7.73. The number of nitrogens with one attached hydrogen (secondary N) is 1. The van der Waals surface area contributed by atoms with Crippen LogP contribution in [0.4, 0.5) is 5.69 Å². The van der Waals surface area contributed by atoms with Crippen molar-refractivity contribution in [3.8, 4) is 0 Å². The number of hydrogen-bond donors (Lipinski definition) is 2. The maximum Gasteiger partial charge on any atom is 0.269 e. The predicted molar refractivity (Wildman–Crippen MR) is 96.1 cm³/mol. The van der Waals surface area contributed by atoms with E-state index in [-0.39, 0.29) is 17.2 Å². The minimum Gasteiger partial charge on any atom is -0.429 e. The summed E-state index contributed by atoms with van der Waals surface area (Å²) in [7, 11) is -3.75. The molecule has 1 amide bonds. The summed E-state index contributed by atoms with van der Waals surface area (Å²) in [6.45, 7) is 0.372. The largest absolute Gasteiger partial charge is 0.429 e.